The lowest BCUT2D eigenvalue weighted by Gasteiger charge is -2.28. The minimum atomic E-state index is -4.42. The average molecular weight is 377 g/mol. The Kier molecular flexibility index (Phi) is 5.81. The highest BCUT2D eigenvalue weighted by Crippen LogP contribution is 2.30. The van der Waals surface area contributed by atoms with Gasteiger partial charge in [0.1, 0.15) is 5.60 Å². The molecule has 0 radical (unpaired) electrons. The van der Waals surface area contributed by atoms with Crippen LogP contribution in [-0.4, -0.2) is 39.1 Å². The molecule has 0 bridgehead atoms. The summed E-state index contributed by atoms with van der Waals surface area (Å²) in [5, 5.41) is 0. The molecule has 0 aliphatic carbocycles. The Labute approximate surface area is 147 Å². The van der Waals surface area contributed by atoms with Crippen LogP contribution in [-0.2, 0) is 21.7 Å². The molecule has 1 unspecified atom stereocenters. The second-order valence-corrected chi connectivity index (χ2v) is 8.50. The molecule has 1 aliphatic rings. The molecule has 1 heterocycles. The van der Waals surface area contributed by atoms with Gasteiger partial charge < -0.3 is 9.64 Å². The minimum absolute atomic E-state index is 0.185. The zero-order chi connectivity index (χ0) is 18.8. The van der Waals surface area contributed by atoms with Gasteiger partial charge in [-0.3, -0.25) is 4.21 Å². The maximum absolute atomic E-state index is 12.6. The molecular weight excluding hydrogens is 355 g/mol. The molecule has 0 spiro atoms. The highest BCUT2D eigenvalue weighted by molar-refractivity contribution is 7.85. The van der Waals surface area contributed by atoms with Crippen LogP contribution in [0, 0.1) is 0 Å². The molecule has 0 saturated carbocycles. The zero-order valence-corrected chi connectivity index (χ0v) is 15.2. The highest BCUT2D eigenvalue weighted by Gasteiger charge is 2.34. The Morgan fingerprint density at radius 1 is 1.24 bits per heavy atom. The summed E-state index contributed by atoms with van der Waals surface area (Å²) in [6.45, 7) is 5.85. The largest absolute Gasteiger partial charge is 0.444 e. The van der Waals surface area contributed by atoms with Gasteiger partial charge in [-0.1, -0.05) is 0 Å². The van der Waals surface area contributed by atoms with Crippen LogP contribution in [0.3, 0.4) is 0 Å². The molecule has 1 saturated heterocycles. The predicted octanol–water partition coefficient (Wildman–Crippen LogP) is 4.21. The van der Waals surface area contributed by atoms with Gasteiger partial charge in [-0.05, 0) is 57.9 Å². The van der Waals surface area contributed by atoms with Crippen LogP contribution >= 0.6 is 0 Å². The summed E-state index contributed by atoms with van der Waals surface area (Å²) in [5.41, 5.74) is -1.39. The molecule has 25 heavy (non-hydrogen) atoms. The lowest BCUT2D eigenvalue weighted by Crippen LogP contribution is -2.42. The van der Waals surface area contributed by atoms with E-state index >= 15 is 0 Å². The predicted molar refractivity (Wildman–Crippen MR) is 88.7 cm³/mol. The summed E-state index contributed by atoms with van der Waals surface area (Å²) in [4.78, 5) is 14.1. The first-order valence-electron chi connectivity index (χ1n) is 8.02. The molecule has 4 nitrogen and oxygen atoms in total. The number of alkyl halides is 3. The van der Waals surface area contributed by atoms with Crippen LogP contribution in [0.1, 0.15) is 39.2 Å². The van der Waals surface area contributed by atoms with Gasteiger partial charge in [0.05, 0.1) is 16.4 Å². The fourth-order valence-electron chi connectivity index (χ4n) is 2.64. The number of halogens is 3. The van der Waals surface area contributed by atoms with Crippen molar-refractivity contribution in [3.8, 4) is 0 Å². The van der Waals surface area contributed by atoms with E-state index < -0.39 is 34.2 Å². The SMILES string of the molecule is CC(C)(C)OC(=O)N1CCC[C@H]1CS(=O)c1ccc(C(F)(F)F)cc1. The smallest absolute Gasteiger partial charge is 0.416 e. The van der Waals surface area contributed by atoms with Crippen molar-refractivity contribution >= 4 is 16.9 Å². The Morgan fingerprint density at radius 2 is 1.84 bits per heavy atom. The first-order chi connectivity index (χ1) is 11.5. The first-order valence-corrected chi connectivity index (χ1v) is 9.34. The maximum atomic E-state index is 12.6. The van der Waals surface area contributed by atoms with Crippen LogP contribution < -0.4 is 0 Å². The molecule has 140 valence electrons. The van der Waals surface area contributed by atoms with Gasteiger partial charge in [0.25, 0.3) is 0 Å². The fraction of sp³-hybridized carbons (Fsp3) is 0.588. The van der Waals surface area contributed by atoms with E-state index in [1.165, 1.54) is 12.1 Å². The van der Waals surface area contributed by atoms with E-state index in [0.29, 0.717) is 17.9 Å². The van der Waals surface area contributed by atoms with Gasteiger partial charge in [0, 0.05) is 23.2 Å². The van der Waals surface area contributed by atoms with Crippen LogP contribution in [0.25, 0.3) is 0 Å². The molecule has 8 heteroatoms. The summed E-state index contributed by atoms with van der Waals surface area (Å²) in [6.07, 6.45) is -3.38. The van der Waals surface area contributed by atoms with Crippen molar-refractivity contribution < 1.29 is 26.9 Å². The lowest BCUT2D eigenvalue weighted by atomic mass is 10.2. The number of benzene rings is 1. The number of hydrogen-bond acceptors (Lipinski definition) is 3. The van der Waals surface area contributed by atoms with Crippen molar-refractivity contribution in [2.45, 2.75) is 56.3 Å². The third kappa shape index (κ3) is 5.45. The Hall–Kier alpha value is -1.57. The summed E-state index contributed by atoms with van der Waals surface area (Å²) in [7, 11) is -1.49. The van der Waals surface area contributed by atoms with E-state index in [1.54, 1.807) is 25.7 Å². The molecule has 1 fully saturated rings. The number of likely N-dealkylation sites (tertiary alicyclic amines) is 1. The first kappa shape index (κ1) is 19.8. The van der Waals surface area contributed by atoms with Gasteiger partial charge in [0.15, 0.2) is 0 Å². The lowest BCUT2D eigenvalue weighted by molar-refractivity contribution is -0.137. The van der Waals surface area contributed by atoms with Gasteiger partial charge in [0.2, 0.25) is 0 Å². The van der Waals surface area contributed by atoms with Gasteiger partial charge >= 0.3 is 12.3 Å². The average Bonchev–Trinajstić information content (AvgIpc) is 2.93. The summed E-state index contributed by atoms with van der Waals surface area (Å²) in [6, 6.07) is 4.07. The maximum Gasteiger partial charge on any atom is 0.416 e. The molecule has 2 atom stereocenters. The molecule has 2 rings (SSSR count). The van der Waals surface area contributed by atoms with E-state index in [2.05, 4.69) is 0 Å². The molecular formula is C17H22F3NO3S. The van der Waals surface area contributed by atoms with E-state index in [4.69, 9.17) is 4.74 Å². The molecule has 0 aromatic heterocycles. The number of carbonyl (C=O) groups excluding carboxylic acids is 1. The number of amides is 1. The van der Waals surface area contributed by atoms with Crippen LogP contribution in [0.15, 0.2) is 29.2 Å². The van der Waals surface area contributed by atoms with Crippen molar-refractivity contribution in [3.63, 3.8) is 0 Å². The molecule has 1 aromatic rings. The van der Waals surface area contributed by atoms with Crippen molar-refractivity contribution in [1.29, 1.82) is 0 Å². The van der Waals surface area contributed by atoms with Crippen molar-refractivity contribution in [3.05, 3.63) is 29.8 Å². The Balaban J connectivity index is 2.03. The Bertz CT molecular complexity index is 638. The molecule has 1 amide bonds. The quantitative estimate of drug-likeness (QED) is 0.793. The summed E-state index contributed by atoms with van der Waals surface area (Å²) >= 11 is 0. The van der Waals surface area contributed by atoms with E-state index in [1.807, 2.05) is 0 Å². The monoisotopic (exact) mass is 377 g/mol. The van der Waals surface area contributed by atoms with Gasteiger partial charge in [-0.2, -0.15) is 13.2 Å². The second kappa shape index (κ2) is 7.35. The van der Waals surface area contributed by atoms with Crippen LogP contribution in [0.5, 0.6) is 0 Å². The Morgan fingerprint density at radius 3 is 2.36 bits per heavy atom. The minimum Gasteiger partial charge on any atom is -0.444 e. The van der Waals surface area contributed by atoms with Crippen LogP contribution in [0.4, 0.5) is 18.0 Å². The second-order valence-electron chi connectivity index (χ2n) is 7.00. The number of rotatable bonds is 3. The molecule has 0 N–H and O–H groups in total. The molecule has 1 aromatic carbocycles. The topological polar surface area (TPSA) is 46.6 Å². The summed E-state index contributed by atoms with van der Waals surface area (Å²) in [5.74, 6) is 0.185. The van der Waals surface area contributed by atoms with E-state index in [-0.39, 0.29) is 11.8 Å². The van der Waals surface area contributed by atoms with Crippen molar-refractivity contribution in [1.82, 2.24) is 4.90 Å². The molecule has 1 aliphatic heterocycles. The summed E-state index contributed by atoms with van der Waals surface area (Å²) < 4.78 is 55.6. The van der Waals surface area contributed by atoms with Gasteiger partial charge in [-0.25, -0.2) is 4.79 Å². The van der Waals surface area contributed by atoms with Gasteiger partial charge in [-0.15, -0.1) is 0 Å². The number of nitrogens with zero attached hydrogens (tertiary/aromatic N) is 1. The van der Waals surface area contributed by atoms with E-state index in [0.717, 1.165) is 18.6 Å². The number of carbonyl (C=O) groups is 1. The van der Waals surface area contributed by atoms with Crippen LogP contribution in [0.2, 0.25) is 0 Å². The normalized spacial score (nSPS) is 19.8. The highest BCUT2D eigenvalue weighted by atomic mass is 32.2. The van der Waals surface area contributed by atoms with Crippen molar-refractivity contribution in [2.75, 3.05) is 12.3 Å². The number of hydrogen-bond donors (Lipinski definition) is 0. The standard InChI is InChI=1S/C17H22F3NO3S/c1-16(2,3)24-15(22)21-10-4-5-13(21)11-25(23)14-8-6-12(7-9-14)17(18,19)20/h6-9,13H,4-5,10-11H2,1-3H3/t13-,25?/m0/s1. The fourth-order valence-corrected chi connectivity index (χ4v) is 3.96. The third-order valence-electron chi connectivity index (χ3n) is 3.79. The zero-order valence-electron chi connectivity index (χ0n) is 14.4. The van der Waals surface area contributed by atoms with E-state index in [9.17, 15) is 22.2 Å². The number of ether oxygens (including phenoxy) is 1. The third-order valence-corrected chi connectivity index (χ3v) is 5.28. The van der Waals surface area contributed by atoms with Crippen molar-refractivity contribution in [2.24, 2.45) is 0 Å².